The van der Waals surface area contributed by atoms with Gasteiger partial charge in [-0.25, -0.2) is 19.2 Å². The number of aromatic nitrogens is 2. The lowest BCUT2D eigenvalue weighted by Crippen LogP contribution is -2.61. The SMILES string of the molecule is CC(C)N(C(=O)c1cc(F)ccc1Oc1cncnc1N1CC2(CCN(C[C@@H]3CC[C@@H](NC(=O)OC(C)(C)C)CO3)CC2)C1)C1CCOC1. The van der Waals surface area contributed by atoms with Crippen LogP contribution in [0.2, 0.25) is 0 Å². The van der Waals surface area contributed by atoms with Gasteiger partial charge in [-0.2, -0.15) is 0 Å². The van der Waals surface area contributed by atoms with Crippen molar-refractivity contribution in [1.82, 2.24) is 25.1 Å². The van der Waals surface area contributed by atoms with Gasteiger partial charge < -0.3 is 39.0 Å². The number of nitrogens with zero attached hydrogens (tertiary/aromatic N) is 5. The van der Waals surface area contributed by atoms with Gasteiger partial charge in [0.25, 0.3) is 5.91 Å². The first kappa shape index (κ1) is 35.3. The van der Waals surface area contributed by atoms with Gasteiger partial charge in [0, 0.05) is 37.7 Å². The zero-order chi connectivity index (χ0) is 34.8. The van der Waals surface area contributed by atoms with Gasteiger partial charge >= 0.3 is 6.09 Å². The molecule has 0 bridgehead atoms. The van der Waals surface area contributed by atoms with Crippen molar-refractivity contribution < 1.29 is 32.9 Å². The number of piperidine rings is 1. The third kappa shape index (κ3) is 8.61. The van der Waals surface area contributed by atoms with Crippen molar-refractivity contribution >= 4 is 17.8 Å². The van der Waals surface area contributed by atoms with Gasteiger partial charge in [-0.15, -0.1) is 0 Å². The molecule has 268 valence electrons. The van der Waals surface area contributed by atoms with Crippen molar-refractivity contribution in [3.63, 3.8) is 0 Å². The minimum Gasteiger partial charge on any atom is -0.451 e. The number of likely N-dealkylation sites (tertiary alicyclic amines) is 1. The second-order valence-corrected chi connectivity index (χ2v) is 15.3. The molecule has 4 fully saturated rings. The Hall–Kier alpha value is -3.55. The van der Waals surface area contributed by atoms with E-state index in [1.54, 1.807) is 11.1 Å². The van der Waals surface area contributed by atoms with Crippen molar-refractivity contribution in [2.45, 2.75) is 96.6 Å². The largest absolute Gasteiger partial charge is 0.451 e. The van der Waals surface area contributed by atoms with E-state index >= 15 is 0 Å². The molecule has 13 heteroatoms. The van der Waals surface area contributed by atoms with Crippen LogP contribution in [-0.4, -0.2) is 114 Å². The third-order valence-corrected chi connectivity index (χ3v) is 9.96. The molecule has 1 aromatic heterocycles. The average molecular weight is 683 g/mol. The highest BCUT2D eigenvalue weighted by Crippen LogP contribution is 2.45. The number of carbonyl (C=O) groups excluding carboxylic acids is 2. The summed E-state index contributed by atoms with van der Waals surface area (Å²) >= 11 is 0. The normalized spacial score (nSPS) is 24.1. The summed E-state index contributed by atoms with van der Waals surface area (Å²) in [6, 6.07) is 3.87. The van der Waals surface area contributed by atoms with E-state index in [0.717, 1.165) is 64.8 Å². The van der Waals surface area contributed by atoms with Gasteiger partial charge in [0.05, 0.1) is 43.2 Å². The molecule has 5 heterocycles. The summed E-state index contributed by atoms with van der Waals surface area (Å²) < 4.78 is 37.9. The Morgan fingerprint density at radius 2 is 1.90 bits per heavy atom. The summed E-state index contributed by atoms with van der Waals surface area (Å²) in [6.45, 7) is 15.6. The molecule has 1 N–H and O–H groups in total. The maximum absolute atomic E-state index is 14.5. The van der Waals surface area contributed by atoms with Crippen molar-refractivity contribution in [2.24, 2.45) is 5.41 Å². The molecule has 3 atom stereocenters. The minimum absolute atomic E-state index is 0.0238. The van der Waals surface area contributed by atoms with Crippen LogP contribution < -0.4 is 15.0 Å². The molecule has 4 aliphatic heterocycles. The van der Waals surface area contributed by atoms with Crippen LogP contribution in [0.1, 0.15) is 77.1 Å². The van der Waals surface area contributed by atoms with Crippen LogP contribution in [0, 0.1) is 11.2 Å². The number of alkyl carbamates (subject to hydrolysis) is 1. The van der Waals surface area contributed by atoms with Crippen LogP contribution in [-0.2, 0) is 14.2 Å². The van der Waals surface area contributed by atoms with Gasteiger partial charge in [0.15, 0.2) is 11.6 Å². The Morgan fingerprint density at radius 3 is 2.55 bits per heavy atom. The molecule has 1 spiro atoms. The van der Waals surface area contributed by atoms with E-state index in [-0.39, 0.29) is 46.9 Å². The van der Waals surface area contributed by atoms with Crippen LogP contribution >= 0.6 is 0 Å². The second kappa shape index (κ2) is 14.7. The number of hydrogen-bond acceptors (Lipinski definition) is 10. The highest BCUT2D eigenvalue weighted by molar-refractivity contribution is 5.97. The highest BCUT2D eigenvalue weighted by Gasteiger charge is 2.46. The van der Waals surface area contributed by atoms with E-state index in [0.29, 0.717) is 31.4 Å². The topological polar surface area (TPSA) is 119 Å². The van der Waals surface area contributed by atoms with E-state index < -0.39 is 17.5 Å². The molecule has 0 radical (unpaired) electrons. The zero-order valence-electron chi connectivity index (χ0n) is 29.5. The van der Waals surface area contributed by atoms with Gasteiger partial charge in [-0.1, -0.05) is 0 Å². The lowest BCUT2D eigenvalue weighted by molar-refractivity contribution is -0.0347. The molecule has 2 aromatic rings. The van der Waals surface area contributed by atoms with E-state index in [1.807, 2.05) is 34.6 Å². The first-order chi connectivity index (χ1) is 23.4. The molecular formula is C36H51FN6O6. The predicted octanol–water partition coefficient (Wildman–Crippen LogP) is 5.02. The third-order valence-electron chi connectivity index (χ3n) is 9.96. The highest BCUT2D eigenvalue weighted by atomic mass is 19.1. The first-order valence-corrected chi connectivity index (χ1v) is 17.6. The van der Waals surface area contributed by atoms with Gasteiger partial charge in [0.1, 0.15) is 23.5 Å². The monoisotopic (exact) mass is 682 g/mol. The van der Waals surface area contributed by atoms with Crippen molar-refractivity contribution in [3.8, 4) is 11.5 Å². The smallest absolute Gasteiger partial charge is 0.407 e. The average Bonchev–Trinajstić information content (AvgIpc) is 3.56. The van der Waals surface area contributed by atoms with E-state index in [2.05, 4.69) is 25.1 Å². The number of halogens is 1. The lowest BCUT2D eigenvalue weighted by Gasteiger charge is -2.54. The summed E-state index contributed by atoms with van der Waals surface area (Å²) in [4.78, 5) is 41.2. The number of hydrogen-bond donors (Lipinski definition) is 1. The number of amides is 2. The van der Waals surface area contributed by atoms with E-state index in [1.165, 1.54) is 24.5 Å². The van der Waals surface area contributed by atoms with Crippen LogP contribution in [0.4, 0.5) is 15.0 Å². The van der Waals surface area contributed by atoms with Crippen LogP contribution in [0.15, 0.2) is 30.7 Å². The quantitative estimate of drug-likeness (QED) is 0.386. The fourth-order valence-corrected chi connectivity index (χ4v) is 7.46. The Labute approximate surface area is 288 Å². The molecule has 0 aliphatic carbocycles. The molecule has 1 aromatic carbocycles. The van der Waals surface area contributed by atoms with Crippen molar-refractivity contribution in [2.75, 3.05) is 57.4 Å². The fourth-order valence-electron chi connectivity index (χ4n) is 7.46. The molecule has 6 rings (SSSR count). The molecule has 12 nitrogen and oxygen atoms in total. The van der Waals surface area contributed by atoms with Crippen LogP contribution in [0.3, 0.4) is 0 Å². The zero-order valence-corrected chi connectivity index (χ0v) is 29.5. The van der Waals surface area contributed by atoms with Crippen molar-refractivity contribution in [1.29, 1.82) is 0 Å². The summed E-state index contributed by atoms with van der Waals surface area (Å²) in [7, 11) is 0. The molecule has 4 saturated heterocycles. The maximum atomic E-state index is 14.5. The summed E-state index contributed by atoms with van der Waals surface area (Å²) in [6.07, 6.45) is 7.55. The number of nitrogens with one attached hydrogen (secondary N) is 1. The number of carbonyl (C=O) groups is 2. The van der Waals surface area contributed by atoms with Crippen molar-refractivity contribution in [3.05, 3.63) is 42.1 Å². The number of benzene rings is 1. The number of anilines is 1. The minimum atomic E-state index is -0.521. The van der Waals surface area contributed by atoms with Crippen LogP contribution in [0.5, 0.6) is 11.5 Å². The Bertz CT molecular complexity index is 1460. The molecule has 4 aliphatic rings. The summed E-state index contributed by atoms with van der Waals surface area (Å²) in [5.74, 6) is 0.582. The fraction of sp³-hybridized carbons (Fsp3) is 0.667. The molecule has 2 amide bonds. The maximum Gasteiger partial charge on any atom is 0.407 e. The van der Waals surface area contributed by atoms with Crippen LogP contribution in [0.25, 0.3) is 0 Å². The molecule has 0 saturated carbocycles. The Balaban J connectivity index is 1.02. The van der Waals surface area contributed by atoms with E-state index in [4.69, 9.17) is 18.9 Å². The number of rotatable bonds is 9. The van der Waals surface area contributed by atoms with Gasteiger partial charge in [-0.05, 0) is 98.0 Å². The standard InChI is InChI=1S/C36H51FN6O6/c1-24(2)43(27-10-15-46-20-27)33(44)29-16-25(37)6-9-30(29)48-31-17-38-23-39-32(31)42-21-36(22-42)11-13-41(14-12-36)18-28-8-7-26(19-47-28)40-34(45)49-35(3,4)5/h6,9,16-17,23-24,26-28H,7-8,10-15,18-22H2,1-5H3,(H,40,45)/t26-,27?,28+/m1/s1. The molecule has 49 heavy (non-hydrogen) atoms. The first-order valence-electron chi connectivity index (χ1n) is 17.6. The lowest BCUT2D eigenvalue weighted by atomic mass is 9.72. The van der Waals surface area contributed by atoms with E-state index in [9.17, 15) is 14.0 Å². The Morgan fingerprint density at radius 1 is 1.12 bits per heavy atom. The summed E-state index contributed by atoms with van der Waals surface area (Å²) in [5, 5.41) is 2.93. The van der Waals surface area contributed by atoms with Gasteiger partial charge in [-0.3, -0.25) is 4.79 Å². The second-order valence-electron chi connectivity index (χ2n) is 15.3. The number of ether oxygens (including phenoxy) is 4. The Kier molecular flexibility index (Phi) is 10.6. The molecular weight excluding hydrogens is 631 g/mol. The predicted molar refractivity (Wildman–Crippen MR) is 181 cm³/mol. The van der Waals surface area contributed by atoms with Gasteiger partial charge in [0.2, 0.25) is 0 Å². The summed E-state index contributed by atoms with van der Waals surface area (Å²) in [5.41, 5.74) is -0.154. The molecule has 1 unspecified atom stereocenters.